The predicted molar refractivity (Wildman–Crippen MR) is 75.5 cm³/mol. The van der Waals surface area contributed by atoms with Crippen molar-refractivity contribution in [3.8, 4) is 11.3 Å². The molecular weight excluding hydrogens is 262 g/mol. The number of hydrogen-bond acceptors (Lipinski definition) is 4. The van der Waals surface area contributed by atoms with E-state index in [0.717, 1.165) is 18.5 Å². The fourth-order valence-corrected chi connectivity index (χ4v) is 2.50. The van der Waals surface area contributed by atoms with Gasteiger partial charge in [-0.15, -0.1) is 0 Å². The summed E-state index contributed by atoms with van der Waals surface area (Å²) in [5.74, 6) is 0. The van der Waals surface area contributed by atoms with Gasteiger partial charge >= 0.3 is 0 Å². The van der Waals surface area contributed by atoms with Gasteiger partial charge in [-0.05, 0) is 18.6 Å². The van der Waals surface area contributed by atoms with Crippen molar-refractivity contribution in [1.29, 1.82) is 0 Å². The second-order valence-electron chi connectivity index (χ2n) is 4.49. The molecule has 2 N–H and O–H groups in total. The summed E-state index contributed by atoms with van der Waals surface area (Å²) in [6.07, 6.45) is 3.96. The van der Waals surface area contributed by atoms with E-state index in [1.165, 1.54) is 6.26 Å². The number of aryl methyl sites for hydroxylation is 1. The van der Waals surface area contributed by atoms with E-state index < -0.39 is 9.84 Å². The third kappa shape index (κ3) is 2.96. The Balaban J connectivity index is 2.37. The van der Waals surface area contributed by atoms with Gasteiger partial charge in [-0.25, -0.2) is 8.42 Å². The van der Waals surface area contributed by atoms with Gasteiger partial charge in [0, 0.05) is 24.6 Å². The van der Waals surface area contributed by atoms with Crippen molar-refractivity contribution >= 4 is 15.5 Å². The zero-order valence-corrected chi connectivity index (χ0v) is 11.8. The second-order valence-corrected chi connectivity index (χ2v) is 6.51. The number of rotatable bonds is 4. The van der Waals surface area contributed by atoms with Crippen molar-refractivity contribution in [2.75, 3.05) is 12.0 Å². The van der Waals surface area contributed by atoms with Crippen LogP contribution in [0.1, 0.15) is 13.3 Å². The molecule has 1 aromatic carbocycles. The van der Waals surface area contributed by atoms with E-state index in [1.54, 1.807) is 35.1 Å². The maximum Gasteiger partial charge on any atom is 0.175 e. The van der Waals surface area contributed by atoms with Crippen LogP contribution in [0.3, 0.4) is 0 Å². The Morgan fingerprint density at radius 1 is 1.26 bits per heavy atom. The van der Waals surface area contributed by atoms with Gasteiger partial charge in [0.2, 0.25) is 0 Å². The first kappa shape index (κ1) is 13.6. The summed E-state index contributed by atoms with van der Waals surface area (Å²) in [5, 5.41) is 4.40. The quantitative estimate of drug-likeness (QED) is 0.927. The molecular formula is C13H17N3O2S. The molecule has 0 spiro atoms. The average Bonchev–Trinajstić information content (AvgIpc) is 2.70. The van der Waals surface area contributed by atoms with Crippen LogP contribution < -0.4 is 5.73 Å². The minimum atomic E-state index is -3.17. The van der Waals surface area contributed by atoms with Crippen molar-refractivity contribution in [2.45, 2.75) is 24.8 Å². The lowest BCUT2D eigenvalue weighted by molar-refractivity contribution is 0.601. The molecule has 0 unspecified atom stereocenters. The Kier molecular flexibility index (Phi) is 3.61. The smallest absolute Gasteiger partial charge is 0.175 e. The normalized spacial score (nSPS) is 11.7. The molecule has 6 heteroatoms. The lowest BCUT2D eigenvalue weighted by atomic mass is 10.1. The van der Waals surface area contributed by atoms with Gasteiger partial charge in [0.25, 0.3) is 0 Å². The molecule has 0 aliphatic rings. The fraction of sp³-hybridized carbons (Fsp3) is 0.308. The summed E-state index contributed by atoms with van der Waals surface area (Å²) in [5.41, 5.74) is 8.03. The number of nitrogens with two attached hydrogens (primary N) is 1. The van der Waals surface area contributed by atoms with E-state index in [2.05, 4.69) is 12.0 Å². The second kappa shape index (κ2) is 5.05. The fourth-order valence-electron chi connectivity index (χ4n) is 1.86. The van der Waals surface area contributed by atoms with Crippen molar-refractivity contribution in [1.82, 2.24) is 9.78 Å². The van der Waals surface area contributed by atoms with Crippen LogP contribution in [0.2, 0.25) is 0 Å². The summed E-state index contributed by atoms with van der Waals surface area (Å²) in [4.78, 5) is 0.294. The zero-order valence-electron chi connectivity index (χ0n) is 11.0. The summed E-state index contributed by atoms with van der Waals surface area (Å²) >= 11 is 0. The standard InChI is InChI=1S/C13H17N3O2S/c1-3-8-16-9-12(14)13(15-16)10-4-6-11(7-5-10)19(2,17)18/h4-7,9H,3,8,14H2,1-2H3. The molecule has 0 saturated carbocycles. The molecule has 0 amide bonds. The molecule has 0 bridgehead atoms. The number of nitrogens with zero attached hydrogens (tertiary/aromatic N) is 2. The Hall–Kier alpha value is -1.82. The first-order chi connectivity index (χ1) is 8.91. The molecule has 19 heavy (non-hydrogen) atoms. The summed E-state index contributed by atoms with van der Waals surface area (Å²) in [7, 11) is -3.17. The van der Waals surface area contributed by atoms with Crippen molar-refractivity contribution in [3.05, 3.63) is 30.5 Å². The molecule has 0 aliphatic carbocycles. The highest BCUT2D eigenvalue weighted by molar-refractivity contribution is 7.90. The summed E-state index contributed by atoms with van der Waals surface area (Å²) < 4.78 is 24.6. The molecule has 0 aliphatic heterocycles. The van der Waals surface area contributed by atoms with Gasteiger partial charge in [-0.3, -0.25) is 4.68 Å². The molecule has 1 heterocycles. The first-order valence-electron chi connectivity index (χ1n) is 6.05. The van der Waals surface area contributed by atoms with Crippen LogP contribution in [-0.2, 0) is 16.4 Å². The number of nitrogen functional groups attached to an aromatic ring is 1. The Labute approximate surface area is 113 Å². The largest absolute Gasteiger partial charge is 0.396 e. The average molecular weight is 279 g/mol. The molecule has 0 atom stereocenters. The molecule has 0 radical (unpaired) electrons. The molecule has 5 nitrogen and oxygen atoms in total. The van der Waals surface area contributed by atoms with Crippen molar-refractivity contribution < 1.29 is 8.42 Å². The topological polar surface area (TPSA) is 78.0 Å². The molecule has 2 rings (SSSR count). The Morgan fingerprint density at radius 2 is 1.89 bits per heavy atom. The molecule has 0 saturated heterocycles. The van der Waals surface area contributed by atoms with Crippen LogP contribution in [0.25, 0.3) is 11.3 Å². The van der Waals surface area contributed by atoms with Crippen LogP contribution in [0.4, 0.5) is 5.69 Å². The Bertz CT molecular complexity index is 672. The van der Waals surface area contributed by atoms with Crippen LogP contribution in [0.5, 0.6) is 0 Å². The van der Waals surface area contributed by atoms with Crippen molar-refractivity contribution in [2.24, 2.45) is 0 Å². The minimum Gasteiger partial charge on any atom is -0.396 e. The Morgan fingerprint density at radius 3 is 2.42 bits per heavy atom. The third-order valence-electron chi connectivity index (χ3n) is 2.80. The lowest BCUT2D eigenvalue weighted by Gasteiger charge is -2.01. The summed E-state index contributed by atoms with van der Waals surface area (Å²) in [6, 6.07) is 6.60. The monoisotopic (exact) mass is 279 g/mol. The number of sulfone groups is 1. The highest BCUT2D eigenvalue weighted by Gasteiger charge is 2.11. The number of anilines is 1. The van der Waals surface area contributed by atoms with Gasteiger partial charge in [0.05, 0.1) is 10.6 Å². The van der Waals surface area contributed by atoms with E-state index in [0.29, 0.717) is 16.3 Å². The van der Waals surface area contributed by atoms with E-state index in [-0.39, 0.29) is 0 Å². The van der Waals surface area contributed by atoms with Gasteiger partial charge in [0.1, 0.15) is 5.69 Å². The van der Waals surface area contributed by atoms with Gasteiger partial charge < -0.3 is 5.73 Å². The maximum atomic E-state index is 11.4. The van der Waals surface area contributed by atoms with E-state index in [1.807, 2.05) is 0 Å². The maximum absolute atomic E-state index is 11.4. The molecule has 102 valence electrons. The van der Waals surface area contributed by atoms with Crippen molar-refractivity contribution in [3.63, 3.8) is 0 Å². The van der Waals surface area contributed by atoms with E-state index in [4.69, 9.17) is 5.73 Å². The first-order valence-corrected chi connectivity index (χ1v) is 7.94. The molecule has 1 aromatic heterocycles. The van der Waals surface area contributed by atoms with Crippen LogP contribution in [0.15, 0.2) is 35.4 Å². The van der Waals surface area contributed by atoms with Gasteiger partial charge in [-0.2, -0.15) is 5.10 Å². The zero-order chi connectivity index (χ0) is 14.0. The van der Waals surface area contributed by atoms with Crippen LogP contribution >= 0.6 is 0 Å². The van der Waals surface area contributed by atoms with Gasteiger partial charge in [-0.1, -0.05) is 19.1 Å². The number of benzene rings is 1. The van der Waals surface area contributed by atoms with Crippen LogP contribution in [0, 0.1) is 0 Å². The number of aromatic nitrogens is 2. The SMILES string of the molecule is CCCn1cc(N)c(-c2ccc(S(C)(=O)=O)cc2)n1. The predicted octanol–water partition coefficient (Wildman–Crippen LogP) is 1.95. The molecule has 2 aromatic rings. The van der Waals surface area contributed by atoms with E-state index >= 15 is 0 Å². The highest BCUT2D eigenvalue weighted by Crippen LogP contribution is 2.25. The minimum absolute atomic E-state index is 0.294. The highest BCUT2D eigenvalue weighted by atomic mass is 32.2. The van der Waals surface area contributed by atoms with Crippen LogP contribution in [-0.4, -0.2) is 24.5 Å². The lowest BCUT2D eigenvalue weighted by Crippen LogP contribution is -1.98. The third-order valence-corrected chi connectivity index (χ3v) is 3.93. The van der Waals surface area contributed by atoms with E-state index in [9.17, 15) is 8.42 Å². The molecule has 0 fully saturated rings. The van der Waals surface area contributed by atoms with Gasteiger partial charge in [0.15, 0.2) is 9.84 Å². The summed E-state index contributed by atoms with van der Waals surface area (Å²) in [6.45, 7) is 2.88. The number of hydrogen-bond donors (Lipinski definition) is 1.